The maximum absolute atomic E-state index is 13.7. The summed E-state index contributed by atoms with van der Waals surface area (Å²) in [5.41, 5.74) is 3.06. The number of methoxy groups -OCH3 is 1. The van der Waals surface area contributed by atoms with E-state index in [9.17, 15) is 9.59 Å². The normalized spacial score (nSPS) is 12.3. The van der Waals surface area contributed by atoms with Crippen molar-refractivity contribution in [3.05, 3.63) is 95.6 Å². The number of nitrogens with one attached hydrogen (secondary N) is 1. The molecule has 0 radical (unpaired) electrons. The second-order valence-corrected chi connectivity index (χ2v) is 8.97. The molecule has 2 amide bonds. The number of para-hydroxylation sites is 2. The standard InChI is InChI=1S/C30H36N2O4/c1-5-23(3)31-30(34)26(19-24-11-7-6-8-12-24)32(20-25-17-15-22(2)16-18-25)29(33)21-36-28-14-10-9-13-27(28)35-4/h6-18,23,26H,5,19-21H2,1-4H3,(H,31,34). The highest BCUT2D eigenvalue weighted by molar-refractivity contribution is 5.88. The molecule has 3 aromatic carbocycles. The van der Waals surface area contributed by atoms with Gasteiger partial charge in [0.2, 0.25) is 5.91 Å². The quantitative estimate of drug-likeness (QED) is 0.392. The van der Waals surface area contributed by atoms with Crippen molar-refractivity contribution >= 4 is 11.8 Å². The minimum Gasteiger partial charge on any atom is -0.493 e. The van der Waals surface area contributed by atoms with E-state index >= 15 is 0 Å². The zero-order valence-electron chi connectivity index (χ0n) is 21.6. The zero-order chi connectivity index (χ0) is 25.9. The lowest BCUT2D eigenvalue weighted by atomic mass is 10.0. The molecule has 0 spiro atoms. The van der Waals surface area contributed by atoms with Crippen LogP contribution in [-0.4, -0.2) is 42.5 Å². The van der Waals surface area contributed by atoms with Crippen molar-refractivity contribution < 1.29 is 19.1 Å². The number of aryl methyl sites for hydroxylation is 1. The molecule has 3 aromatic rings. The Hall–Kier alpha value is -3.80. The van der Waals surface area contributed by atoms with Crippen LogP contribution in [0.1, 0.15) is 37.0 Å². The van der Waals surface area contributed by atoms with Crippen molar-refractivity contribution in [2.45, 2.75) is 52.2 Å². The first-order valence-electron chi connectivity index (χ1n) is 12.4. The first-order chi connectivity index (χ1) is 17.4. The van der Waals surface area contributed by atoms with Crippen molar-refractivity contribution in [1.29, 1.82) is 0 Å². The number of amides is 2. The summed E-state index contributed by atoms with van der Waals surface area (Å²) in [7, 11) is 1.56. The zero-order valence-corrected chi connectivity index (χ0v) is 21.6. The Kier molecular flexibility index (Phi) is 9.92. The van der Waals surface area contributed by atoms with Gasteiger partial charge in [0.1, 0.15) is 6.04 Å². The van der Waals surface area contributed by atoms with Crippen LogP contribution in [0.2, 0.25) is 0 Å². The Labute approximate surface area is 214 Å². The van der Waals surface area contributed by atoms with E-state index in [1.165, 1.54) is 0 Å². The summed E-state index contributed by atoms with van der Waals surface area (Å²) in [5, 5.41) is 3.08. The molecule has 6 heteroatoms. The van der Waals surface area contributed by atoms with Gasteiger partial charge in [-0.1, -0.05) is 79.2 Å². The highest BCUT2D eigenvalue weighted by Gasteiger charge is 2.31. The minimum atomic E-state index is -0.698. The molecule has 0 fully saturated rings. The van der Waals surface area contributed by atoms with Crippen LogP contribution in [0.4, 0.5) is 0 Å². The molecule has 2 unspecified atom stereocenters. The Morgan fingerprint density at radius 2 is 1.53 bits per heavy atom. The Bertz CT molecular complexity index is 1120. The SMILES string of the molecule is CCC(C)NC(=O)C(Cc1ccccc1)N(Cc1ccc(C)cc1)C(=O)COc1ccccc1OC. The van der Waals surface area contributed by atoms with Crippen LogP contribution < -0.4 is 14.8 Å². The molecule has 0 aliphatic rings. The third-order valence-electron chi connectivity index (χ3n) is 6.17. The predicted molar refractivity (Wildman–Crippen MR) is 142 cm³/mol. The van der Waals surface area contributed by atoms with Crippen LogP contribution >= 0.6 is 0 Å². The Balaban J connectivity index is 1.92. The number of carbonyl (C=O) groups is 2. The van der Waals surface area contributed by atoms with Crippen LogP contribution in [0.15, 0.2) is 78.9 Å². The first-order valence-corrected chi connectivity index (χ1v) is 12.4. The van der Waals surface area contributed by atoms with E-state index < -0.39 is 6.04 Å². The lowest BCUT2D eigenvalue weighted by Gasteiger charge is -2.32. The highest BCUT2D eigenvalue weighted by Crippen LogP contribution is 2.26. The lowest BCUT2D eigenvalue weighted by molar-refractivity contribution is -0.143. The lowest BCUT2D eigenvalue weighted by Crippen LogP contribution is -2.53. The number of hydrogen-bond acceptors (Lipinski definition) is 4. The molecule has 0 aliphatic carbocycles. The molecular formula is C30H36N2O4. The van der Waals surface area contributed by atoms with Gasteiger partial charge in [-0.25, -0.2) is 0 Å². The summed E-state index contributed by atoms with van der Waals surface area (Å²) in [6.45, 7) is 6.08. The largest absolute Gasteiger partial charge is 0.493 e. The van der Waals surface area contributed by atoms with Gasteiger partial charge in [-0.2, -0.15) is 0 Å². The first kappa shape index (κ1) is 26.8. The molecule has 0 saturated heterocycles. The van der Waals surface area contributed by atoms with Gasteiger partial charge < -0.3 is 19.7 Å². The maximum Gasteiger partial charge on any atom is 0.261 e. The molecule has 3 rings (SSSR count). The summed E-state index contributed by atoms with van der Waals surface area (Å²) in [6, 6.07) is 24.3. The molecule has 0 aliphatic heterocycles. The summed E-state index contributed by atoms with van der Waals surface area (Å²) < 4.78 is 11.2. The van der Waals surface area contributed by atoms with E-state index in [1.807, 2.05) is 87.5 Å². The fraction of sp³-hybridized carbons (Fsp3) is 0.333. The molecule has 0 bridgehead atoms. The van der Waals surface area contributed by atoms with Gasteiger partial charge in [0, 0.05) is 19.0 Å². The molecule has 190 valence electrons. The molecule has 0 saturated carbocycles. The van der Waals surface area contributed by atoms with Crippen molar-refractivity contribution in [3.63, 3.8) is 0 Å². The molecule has 0 heterocycles. The molecule has 2 atom stereocenters. The van der Waals surface area contributed by atoms with Crippen molar-refractivity contribution in [1.82, 2.24) is 10.2 Å². The second-order valence-electron chi connectivity index (χ2n) is 8.97. The van der Waals surface area contributed by atoms with E-state index in [4.69, 9.17) is 9.47 Å². The fourth-order valence-electron chi connectivity index (χ4n) is 3.85. The van der Waals surface area contributed by atoms with Crippen LogP contribution in [-0.2, 0) is 22.6 Å². The minimum absolute atomic E-state index is 0.00284. The van der Waals surface area contributed by atoms with Gasteiger partial charge in [-0.3, -0.25) is 9.59 Å². The van der Waals surface area contributed by atoms with Crippen LogP contribution in [0.3, 0.4) is 0 Å². The Morgan fingerprint density at radius 1 is 0.889 bits per heavy atom. The van der Waals surface area contributed by atoms with E-state index in [2.05, 4.69) is 5.32 Å². The average Bonchev–Trinajstić information content (AvgIpc) is 2.90. The topological polar surface area (TPSA) is 67.9 Å². The number of benzene rings is 3. The number of ether oxygens (including phenoxy) is 2. The smallest absolute Gasteiger partial charge is 0.261 e. The second kappa shape index (κ2) is 13.3. The van der Waals surface area contributed by atoms with Crippen LogP contribution in [0.5, 0.6) is 11.5 Å². The van der Waals surface area contributed by atoms with E-state index in [-0.39, 0.29) is 24.5 Å². The third kappa shape index (κ3) is 7.60. The van der Waals surface area contributed by atoms with E-state index in [1.54, 1.807) is 24.1 Å². The van der Waals surface area contributed by atoms with Gasteiger partial charge in [0.05, 0.1) is 7.11 Å². The van der Waals surface area contributed by atoms with Gasteiger partial charge in [-0.15, -0.1) is 0 Å². The number of nitrogens with zero attached hydrogens (tertiary/aromatic N) is 1. The number of rotatable bonds is 12. The fourth-order valence-corrected chi connectivity index (χ4v) is 3.85. The highest BCUT2D eigenvalue weighted by atomic mass is 16.5. The van der Waals surface area contributed by atoms with Crippen molar-refractivity contribution in [2.24, 2.45) is 0 Å². The molecule has 36 heavy (non-hydrogen) atoms. The predicted octanol–water partition coefficient (Wildman–Crippen LogP) is 4.94. The molecule has 0 aromatic heterocycles. The summed E-state index contributed by atoms with van der Waals surface area (Å²) >= 11 is 0. The summed E-state index contributed by atoms with van der Waals surface area (Å²) in [6.07, 6.45) is 1.20. The van der Waals surface area contributed by atoms with E-state index in [0.717, 1.165) is 23.1 Å². The molecule has 6 nitrogen and oxygen atoms in total. The van der Waals surface area contributed by atoms with Crippen molar-refractivity contribution in [2.75, 3.05) is 13.7 Å². The molecular weight excluding hydrogens is 452 g/mol. The molecule has 1 N–H and O–H groups in total. The maximum atomic E-state index is 13.7. The van der Waals surface area contributed by atoms with Gasteiger partial charge in [0.25, 0.3) is 5.91 Å². The van der Waals surface area contributed by atoms with Gasteiger partial charge >= 0.3 is 0 Å². The average molecular weight is 489 g/mol. The van der Waals surface area contributed by atoms with Gasteiger partial charge in [-0.05, 0) is 43.5 Å². The Morgan fingerprint density at radius 3 is 2.17 bits per heavy atom. The van der Waals surface area contributed by atoms with E-state index in [0.29, 0.717) is 24.5 Å². The monoisotopic (exact) mass is 488 g/mol. The van der Waals surface area contributed by atoms with Gasteiger partial charge in [0.15, 0.2) is 18.1 Å². The van der Waals surface area contributed by atoms with Crippen molar-refractivity contribution in [3.8, 4) is 11.5 Å². The third-order valence-corrected chi connectivity index (χ3v) is 6.17. The van der Waals surface area contributed by atoms with Crippen LogP contribution in [0, 0.1) is 6.92 Å². The number of hydrogen-bond donors (Lipinski definition) is 1. The summed E-state index contributed by atoms with van der Waals surface area (Å²) in [4.78, 5) is 28.8. The summed E-state index contributed by atoms with van der Waals surface area (Å²) in [5.74, 6) is 0.575. The number of carbonyl (C=O) groups excluding carboxylic acids is 2. The van der Waals surface area contributed by atoms with Crippen LogP contribution in [0.25, 0.3) is 0 Å².